The Bertz CT molecular complexity index is 1470. The highest BCUT2D eigenvalue weighted by Crippen LogP contribution is 2.57. The average molecular weight is 792 g/mol. The largest absolute Gasteiger partial charge is 0.481 e. The van der Waals surface area contributed by atoms with E-state index in [1.165, 1.54) is 0 Å². The highest BCUT2D eigenvalue weighted by Gasteiger charge is 2.46. The Hall–Kier alpha value is -3.22. The molecule has 1 aliphatic rings. The molecule has 0 saturated carbocycles. The second kappa shape index (κ2) is 20.7. The van der Waals surface area contributed by atoms with Crippen LogP contribution >= 0.6 is 15.6 Å². The Morgan fingerprint density at radius 3 is 1.61 bits per heavy atom. The molecule has 16 N–H and O–H groups in total. The number of aromatic nitrogens is 2. The zero-order valence-corrected chi connectivity index (χ0v) is 26.8. The lowest BCUT2D eigenvalue weighted by Crippen LogP contribution is -2.48. The first-order valence-corrected chi connectivity index (χ1v) is 16.1. The lowest BCUT2D eigenvalue weighted by atomic mass is 10.0. The highest BCUT2D eigenvalue weighted by atomic mass is 31.3. The van der Waals surface area contributed by atoms with Crippen LogP contribution in [0.1, 0.15) is 6.23 Å². The van der Waals surface area contributed by atoms with Crippen LogP contribution in [-0.4, -0.2) is 184 Å². The van der Waals surface area contributed by atoms with Gasteiger partial charge in [0.15, 0.2) is 31.0 Å². The normalized spacial score (nSPS) is 24.6. The van der Waals surface area contributed by atoms with Crippen LogP contribution in [0, 0.1) is 0 Å². The third-order valence-electron chi connectivity index (χ3n) is 5.91. The van der Waals surface area contributed by atoms with Gasteiger partial charge < -0.3 is 90.3 Å². The number of hydrogen-bond donors (Lipinski definition) is 16. The molecule has 2 rings (SSSR count). The van der Waals surface area contributed by atoms with Gasteiger partial charge in [-0.15, -0.1) is 0 Å². The van der Waals surface area contributed by atoms with E-state index in [0.717, 1.165) is 16.8 Å². The van der Waals surface area contributed by atoms with E-state index >= 15 is 0 Å². The molecule has 1 aliphatic heterocycles. The van der Waals surface area contributed by atoms with Gasteiger partial charge in [0.05, 0.1) is 6.61 Å². The highest BCUT2D eigenvalue weighted by molar-refractivity contribution is 7.60. The summed E-state index contributed by atoms with van der Waals surface area (Å²) in [4.78, 5) is 90.6. The molecule has 28 nitrogen and oxygen atoms in total. The molecule has 0 spiro atoms. The van der Waals surface area contributed by atoms with E-state index in [0.29, 0.717) is 0 Å². The standard InChI is InChI=1S/C9H14N2O12P2.2C6H10O7/c12-5-1-2-11(9(15)10-5)8-7(14)6(13)4(22-8)3-21-25(19,20)23-24(16,17)18;2*7-1-2(8)3(9)4(10)5(11)6(12)13/h1-2,4,6-8,13-14H,3H2,(H,19,20)(H,10,12,15)(H2,16,17,18);2*1-5,8-11H,(H,12,13)/t4-,6-,7-,8-;;/m1../s1. The number of nitrogens with zero attached hydrogens (tertiary/aromatic N) is 1. The quantitative estimate of drug-likeness (QED) is 0.0546. The van der Waals surface area contributed by atoms with E-state index in [1.807, 2.05) is 4.98 Å². The van der Waals surface area contributed by atoms with E-state index in [1.54, 1.807) is 0 Å². The van der Waals surface area contributed by atoms with Gasteiger partial charge in [0.1, 0.15) is 54.9 Å². The number of nitrogens with one attached hydrogen (secondary N) is 1. The average Bonchev–Trinajstić information content (AvgIpc) is 3.32. The number of rotatable bonds is 16. The van der Waals surface area contributed by atoms with Crippen molar-refractivity contribution < 1.29 is 118 Å². The number of H-pyrrole nitrogens is 1. The van der Waals surface area contributed by atoms with Crippen molar-refractivity contribution in [3.8, 4) is 0 Å². The van der Waals surface area contributed by atoms with E-state index in [-0.39, 0.29) is 12.6 Å². The molecule has 0 radical (unpaired) electrons. The minimum Gasteiger partial charge on any atom is -0.479 e. The van der Waals surface area contributed by atoms with Crippen molar-refractivity contribution >= 4 is 40.2 Å². The predicted molar refractivity (Wildman–Crippen MR) is 152 cm³/mol. The van der Waals surface area contributed by atoms with E-state index in [2.05, 4.69) is 8.83 Å². The Morgan fingerprint density at radius 2 is 1.25 bits per heavy atom. The van der Waals surface area contributed by atoms with Crippen LogP contribution in [0.4, 0.5) is 0 Å². The van der Waals surface area contributed by atoms with Gasteiger partial charge in [0.25, 0.3) is 5.56 Å². The number of carboxylic acid groups (broad SMARTS) is 2. The summed E-state index contributed by atoms with van der Waals surface area (Å²) in [6.45, 7) is -0.902. The minimum atomic E-state index is -5.32. The van der Waals surface area contributed by atoms with Crippen molar-refractivity contribution in [2.45, 2.75) is 73.4 Å². The van der Waals surface area contributed by atoms with Crippen LogP contribution in [0.3, 0.4) is 0 Å². The number of carboxylic acids is 2. The van der Waals surface area contributed by atoms with Crippen LogP contribution < -0.4 is 11.2 Å². The maximum absolute atomic E-state index is 11.7. The van der Waals surface area contributed by atoms with Gasteiger partial charge in [-0.1, -0.05) is 0 Å². The van der Waals surface area contributed by atoms with Gasteiger partial charge in [-0.25, -0.2) is 23.5 Å². The summed E-state index contributed by atoms with van der Waals surface area (Å²) >= 11 is 0. The number of aldehydes is 2. The summed E-state index contributed by atoms with van der Waals surface area (Å²) in [7, 11) is -10.5. The summed E-state index contributed by atoms with van der Waals surface area (Å²) in [6.07, 6.45) is -22.0. The Balaban J connectivity index is 0.000000816. The molecule has 0 amide bonds. The fourth-order valence-electron chi connectivity index (χ4n) is 3.28. The Kier molecular flexibility index (Phi) is 19.4. The van der Waals surface area contributed by atoms with E-state index < -0.39 is 119 Å². The monoisotopic (exact) mass is 792 g/mol. The smallest absolute Gasteiger partial charge is 0.479 e. The van der Waals surface area contributed by atoms with Crippen LogP contribution in [0.5, 0.6) is 0 Å². The molecular weight excluding hydrogens is 758 g/mol. The first-order valence-electron chi connectivity index (χ1n) is 13.1. The molecule has 1 aromatic rings. The van der Waals surface area contributed by atoms with Crippen molar-refractivity contribution in [1.82, 2.24) is 9.55 Å². The molecule has 294 valence electrons. The van der Waals surface area contributed by atoms with Gasteiger partial charge in [-0.2, -0.15) is 4.31 Å². The van der Waals surface area contributed by atoms with Crippen LogP contribution in [-0.2, 0) is 41.9 Å². The molecule has 1 aromatic heterocycles. The maximum atomic E-state index is 11.7. The summed E-state index contributed by atoms with van der Waals surface area (Å²) < 4.78 is 35.6. The molecule has 1 fully saturated rings. The molecule has 0 bridgehead atoms. The number of phosphoric ester groups is 1. The van der Waals surface area contributed by atoms with Crippen molar-refractivity contribution in [2.75, 3.05) is 6.61 Å². The maximum Gasteiger partial charge on any atom is 0.481 e. The number of hydrogen-bond acceptors (Lipinski definition) is 21. The third-order valence-corrected chi connectivity index (χ3v) is 8.06. The SMILES string of the molecule is O=CC(O)C(O)C(O)C(O)C(=O)O.O=CC(O)C(O)C(O)C(O)C(=O)O.O=c1ccn([C@@H]2O[C@H](COP(=O)(O)OP(=O)(O)O)[C@@H](O)[C@H]2O)c(=O)[nH]1. The van der Waals surface area contributed by atoms with Gasteiger partial charge in [0.2, 0.25) is 0 Å². The second-order valence-corrected chi connectivity index (χ2v) is 12.5. The lowest BCUT2D eigenvalue weighted by Gasteiger charge is -2.21. The van der Waals surface area contributed by atoms with Crippen molar-refractivity contribution in [2.24, 2.45) is 0 Å². The van der Waals surface area contributed by atoms with Crippen LogP contribution in [0.15, 0.2) is 21.9 Å². The van der Waals surface area contributed by atoms with Crippen molar-refractivity contribution in [3.05, 3.63) is 33.1 Å². The predicted octanol–water partition coefficient (Wildman–Crippen LogP) is -9.19. The van der Waals surface area contributed by atoms with E-state index in [9.17, 15) is 48.1 Å². The molecule has 9 unspecified atom stereocenters. The van der Waals surface area contributed by atoms with Crippen LogP contribution in [0.2, 0.25) is 0 Å². The number of phosphoric acid groups is 2. The molecule has 13 atom stereocenters. The Morgan fingerprint density at radius 1 is 0.824 bits per heavy atom. The third kappa shape index (κ3) is 15.5. The second-order valence-electron chi connectivity index (χ2n) is 9.68. The number of carbonyl (C=O) groups excluding carboxylic acids is 2. The summed E-state index contributed by atoms with van der Waals surface area (Å²) in [6, 6.07) is 0.962. The van der Waals surface area contributed by atoms with Gasteiger partial charge in [-0.3, -0.25) is 18.9 Å². The van der Waals surface area contributed by atoms with Gasteiger partial charge in [-0.05, 0) is 0 Å². The van der Waals surface area contributed by atoms with Gasteiger partial charge >= 0.3 is 33.3 Å². The number of carbonyl (C=O) groups is 4. The first kappa shape index (κ1) is 47.8. The first-order chi connectivity index (χ1) is 23.2. The lowest BCUT2D eigenvalue weighted by molar-refractivity contribution is -0.164. The van der Waals surface area contributed by atoms with Crippen molar-refractivity contribution in [1.29, 1.82) is 0 Å². The molecule has 51 heavy (non-hydrogen) atoms. The zero-order chi connectivity index (χ0) is 40.2. The topological polar surface area (TPSA) is 488 Å². The van der Waals surface area contributed by atoms with E-state index in [4.69, 9.17) is 70.5 Å². The Labute approximate surface area is 281 Å². The van der Waals surface area contributed by atoms with Crippen molar-refractivity contribution in [3.63, 3.8) is 0 Å². The molecule has 0 aliphatic carbocycles. The number of aliphatic carboxylic acids is 2. The minimum absolute atomic E-state index is 0.0809. The summed E-state index contributed by atoms with van der Waals surface area (Å²) in [5, 5.41) is 106. The van der Waals surface area contributed by atoms with Gasteiger partial charge in [0, 0.05) is 12.3 Å². The zero-order valence-electron chi connectivity index (χ0n) is 25.0. The molecule has 2 heterocycles. The summed E-state index contributed by atoms with van der Waals surface area (Å²) in [5.41, 5.74) is -1.65. The molecule has 30 heteroatoms. The fourth-order valence-corrected chi connectivity index (χ4v) is 4.88. The number of aliphatic hydroxyl groups excluding tert-OH is 10. The molecular formula is C21H34N2O26P2. The number of ether oxygens (including phenoxy) is 1. The number of aliphatic hydroxyl groups is 10. The fraction of sp³-hybridized carbons (Fsp3) is 0.619. The van der Waals surface area contributed by atoms with Crippen LogP contribution in [0.25, 0.3) is 0 Å². The number of aromatic amines is 1. The molecule has 0 aromatic carbocycles. The summed E-state index contributed by atoms with van der Waals surface area (Å²) in [5.74, 6) is -3.52. The molecule has 1 saturated heterocycles.